The van der Waals surface area contributed by atoms with E-state index < -0.39 is 0 Å². The number of fused-ring (bicyclic) bond motifs is 1. The molecule has 5 nitrogen and oxygen atoms in total. The molecule has 3 aromatic heterocycles. The minimum absolute atomic E-state index is 0.0328. The summed E-state index contributed by atoms with van der Waals surface area (Å²) in [4.78, 5) is 18.0. The summed E-state index contributed by atoms with van der Waals surface area (Å²) in [6.45, 7) is 2.52. The third-order valence-electron chi connectivity index (χ3n) is 5.62. The SMILES string of the molecule is C[C@H](N=Cc1ccc(OCc2ccc(-c3ccccn3)nc2)cn1)c1cccc2ccccc12. The van der Waals surface area contributed by atoms with Crippen LogP contribution in [0.15, 0.2) is 109 Å². The van der Waals surface area contributed by atoms with Crippen molar-refractivity contribution < 1.29 is 4.74 Å². The first kappa shape index (κ1) is 21.5. The van der Waals surface area contributed by atoms with E-state index in [-0.39, 0.29) is 6.04 Å². The summed E-state index contributed by atoms with van der Waals surface area (Å²) in [5, 5.41) is 2.46. The maximum absolute atomic E-state index is 5.87. The highest BCUT2D eigenvalue weighted by Gasteiger charge is 2.07. The second-order valence-electron chi connectivity index (χ2n) is 8.00. The maximum atomic E-state index is 5.87. The topological polar surface area (TPSA) is 60.3 Å². The van der Waals surface area contributed by atoms with Crippen molar-refractivity contribution in [3.63, 3.8) is 0 Å². The molecule has 0 unspecified atom stereocenters. The standard InChI is InChI=1S/C29H24N4O/c1-21(26-10-6-8-23-7-2-3-9-27(23)26)31-18-24-13-14-25(19-32-24)34-20-22-12-15-29(33-17-22)28-11-4-5-16-30-28/h2-19,21H,20H2,1H3/t21-/m0/s1. The number of hydrogen-bond donors (Lipinski definition) is 0. The summed E-state index contributed by atoms with van der Waals surface area (Å²) >= 11 is 0. The van der Waals surface area contributed by atoms with Gasteiger partial charge in [0.2, 0.25) is 0 Å². The molecular formula is C29H24N4O. The van der Waals surface area contributed by atoms with Gasteiger partial charge >= 0.3 is 0 Å². The molecule has 3 heterocycles. The van der Waals surface area contributed by atoms with Crippen molar-refractivity contribution >= 4 is 17.0 Å². The largest absolute Gasteiger partial charge is 0.487 e. The maximum Gasteiger partial charge on any atom is 0.138 e. The first-order chi connectivity index (χ1) is 16.8. The number of pyridine rings is 3. The lowest BCUT2D eigenvalue weighted by molar-refractivity contribution is 0.304. The molecule has 1 atom stereocenters. The van der Waals surface area contributed by atoms with Crippen molar-refractivity contribution in [2.45, 2.75) is 19.6 Å². The predicted octanol–water partition coefficient (Wildman–Crippen LogP) is 6.45. The zero-order valence-electron chi connectivity index (χ0n) is 18.9. The van der Waals surface area contributed by atoms with Gasteiger partial charge in [-0.05, 0) is 53.6 Å². The molecule has 34 heavy (non-hydrogen) atoms. The molecular weight excluding hydrogens is 420 g/mol. The fourth-order valence-electron chi connectivity index (χ4n) is 3.78. The molecule has 0 bridgehead atoms. The molecule has 0 spiro atoms. The Hall–Kier alpha value is -4.38. The van der Waals surface area contributed by atoms with Crippen LogP contribution < -0.4 is 4.74 Å². The first-order valence-corrected chi connectivity index (χ1v) is 11.2. The third-order valence-corrected chi connectivity index (χ3v) is 5.62. The van der Waals surface area contributed by atoms with Gasteiger partial charge in [-0.1, -0.05) is 54.6 Å². The summed E-state index contributed by atoms with van der Waals surface area (Å²) in [7, 11) is 0. The number of rotatable bonds is 7. The normalized spacial score (nSPS) is 12.1. The van der Waals surface area contributed by atoms with E-state index in [1.165, 1.54) is 16.3 Å². The molecule has 0 fully saturated rings. The van der Waals surface area contributed by atoms with Gasteiger partial charge in [-0.2, -0.15) is 0 Å². The van der Waals surface area contributed by atoms with Crippen LogP contribution in [0.3, 0.4) is 0 Å². The molecule has 0 saturated carbocycles. The second kappa shape index (κ2) is 10.0. The minimum Gasteiger partial charge on any atom is -0.487 e. The van der Waals surface area contributed by atoms with Crippen LogP contribution in [0.2, 0.25) is 0 Å². The highest BCUT2D eigenvalue weighted by molar-refractivity contribution is 5.86. The molecule has 0 saturated heterocycles. The Morgan fingerprint density at radius 1 is 0.794 bits per heavy atom. The van der Waals surface area contributed by atoms with E-state index >= 15 is 0 Å². The fourth-order valence-corrected chi connectivity index (χ4v) is 3.78. The molecule has 0 aliphatic rings. The van der Waals surface area contributed by atoms with Gasteiger partial charge in [0.1, 0.15) is 12.4 Å². The van der Waals surface area contributed by atoms with E-state index in [1.807, 2.05) is 54.9 Å². The summed E-state index contributed by atoms with van der Waals surface area (Å²) in [5.41, 5.74) is 4.67. The van der Waals surface area contributed by atoms with Crippen LogP contribution in [0.1, 0.15) is 29.8 Å². The van der Waals surface area contributed by atoms with Gasteiger partial charge in [0.15, 0.2) is 0 Å². The minimum atomic E-state index is 0.0328. The Morgan fingerprint density at radius 2 is 1.65 bits per heavy atom. The molecule has 0 aliphatic heterocycles. The lowest BCUT2D eigenvalue weighted by Crippen LogP contribution is -1.98. The zero-order chi connectivity index (χ0) is 23.2. The van der Waals surface area contributed by atoms with Gasteiger partial charge in [0.25, 0.3) is 0 Å². The molecule has 0 amide bonds. The van der Waals surface area contributed by atoms with Gasteiger partial charge in [-0.25, -0.2) is 0 Å². The number of aromatic nitrogens is 3. The van der Waals surface area contributed by atoms with Gasteiger partial charge in [-0.15, -0.1) is 0 Å². The number of nitrogens with zero attached hydrogens (tertiary/aromatic N) is 4. The van der Waals surface area contributed by atoms with Crippen molar-refractivity contribution in [3.05, 3.63) is 120 Å². The van der Waals surface area contributed by atoms with Crippen LogP contribution in [-0.2, 0) is 6.61 Å². The smallest absolute Gasteiger partial charge is 0.138 e. The molecule has 5 aromatic rings. The highest BCUT2D eigenvalue weighted by atomic mass is 16.5. The van der Waals surface area contributed by atoms with Crippen LogP contribution >= 0.6 is 0 Å². The molecule has 5 rings (SSSR count). The molecule has 2 aromatic carbocycles. The van der Waals surface area contributed by atoms with E-state index in [2.05, 4.69) is 64.3 Å². The van der Waals surface area contributed by atoms with Crippen molar-refractivity contribution in [2.24, 2.45) is 4.99 Å². The lowest BCUT2D eigenvalue weighted by atomic mass is 10.00. The van der Waals surface area contributed by atoms with Crippen LogP contribution in [-0.4, -0.2) is 21.2 Å². The third kappa shape index (κ3) is 4.99. The van der Waals surface area contributed by atoms with E-state index in [0.29, 0.717) is 12.4 Å². The fraction of sp³-hybridized carbons (Fsp3) is 0.103. The van der Waals surface area contributed by atoms with E-state index in [9.17, 15) is 0 Å². The Labute approximate surface area is 198 Å². The van der Waals surface area contributed by atoms with E-state index in [1.54, 1.807) is 12.4 Å². The van der Waals surface area contributed by atoms with Crippen LogP contribution in [0, 0.1) is 0 Å². The Morgan fingerprint density at radius 3 is 2.44 bits per heavy atom. The Kier molecular flexibility index (Phi) is 6.34. The average molecular weight is 445 g/mol. The zero-order valence-corrected chi connectivity index (χ0v) is 18.9. The number of ether oxygens (including phenoxy) is 1. The van der Waals surface area contributed by atoms with Crippen molar-refractivity contribution in [1.29, 1.82) is 0 Å². The number of aliphatic imine (C=N–C) groups is 1. The Bertz CT molecular complexity index is 1390. The average Bonchev–Trinajstić information content (AvgIpc) is 2.91. The lowest BCUT2D eigenvalue weighted by Gasteiger charge is -2.10. The number of hydrogen-bond acceptors (Lipinski definition) is 5. The molecule has 0 radical (unpaired) electrons. The molecule has 0 aliphatic carbocycles. The predicted molar refractivity (Wildman–Crippen MR) is 136 cm³/mol. The van der Waals surface area contributed by atoms with Crippen molar-refractivity contribution in [2.75, 3.05) is 0 Å². The Balaban J connectivity index is 1.20. The van der Waals surface area contributed by atoms with Gasteiger partial charge < -0.3 is 4.74 Å². The monoisotopic (exact) mass is 444 g/mol. The summed E-state index contributed by atoms with van der Waals surface area (Å²) in [5.74, 6) is 0.702. The van der Waals surface area contributed by atoms with Gasteiger partial charge in [0, 0.05) is 24.2 Å². The van der Waals surface area contributed by atoms with E-state index in [0.717, 1.165) is 22.6 Å². The first-order valence-electron chi connectivity index (χ1n) is 11.2. The summed E-state index contributed by atoms with van der Waals surface area (Å²) in [6, 6.07) is 28.3. The molecule has 5 heteroatoms. The second-order valence-corrected chi connectivity index (χ2v) is 8.00. The van der Waals surface area contributed by atoms with Crippen LogP contribution in [0.4, 0.5) is 0 Å². The molecule has 0 N–H and O–H groups in total. The van der Waals surface area contributed by atoms with Gasteiger partial charge in [0.05, 0.1) is 29.3 Å². The van der Waals surface area contributed by atoms with Gasteiger partial charge in [-0.3, -0.25) is 19.9 Å². The highest BCUT2D eigenvalue weighted by Crippen LogP contribution is 2.26. The number of benzene rings is 2. The van der Waals surface area contributed by atoms with E-state index in [4.69, 9.17) is 9.73 Å². The quantitative estimate of drug-likeness (QED) is 0.271. The summed E-state index contributed by atoms with van der Waals surface area (Å²) < 4.78 is 5.87. The van der Waals surface area contributed by atoms with Crippen molar-refractivity contribution in [1.82, 2.24) is 15.0 Å². The summed E-state index contributed by atoms with van der Waals surface area (Å²) in [6.07, 6.45) is 7.11. The van der Waals surface area contributed by atoms with Crippen LogP contribution in [0.25, 0.3) is 22.2 Å². The van der Waals surface area contributed by atoms with Crippen LogP contribution in [0.5, 0.6) is 5.75 Å². The molecule has 166 valence electrons. The van der Waals surface area contributed by atoms with Crippen molar-refractivity contribution in [3.8, 4) is 17.1 Å².